The van der Waals surface area contributed by atoms with Crippen LogP contribution in [0.2, 0.25) is 5.02 Å². The monoisotopic (exact) mass is 303 g/mol. The van der Waals surface area contributed by atoms with E-state index in [1.165, 1.54) is 6.07 Å². The van der Waals surface area contributed by atoms with Crippen LogP contribution in [0.5, 0.6) is 0 Å². The number of hydrogen-bond acceptors (Lipinski definition) is 3. The molecular weight excluding hydrogens is 293 g/mol. The van der Waals surface area contributed by atoms with Crippen LogP contribution in [-0.2, 0) is 4.79 Å². The fourth-order valence-corrected chi connectivity index (χ4v) is 2.34. The molecule has 3 rings (SSSR count). The van der Waals surface area contributed by atoms with E-state index in [0.29, 0.717) is 22.0 Å². The van der Waals surface area contributed by atoms with Crippen molar-refractivity contribution in [2.24, 2.45) is 10.7 Å². The SMILES string of the molecule is N[C@H]1N=C(c2ccccc2F)c2ccc(Cl)cc2NC1=O. The first kappa shape index (κ1) is 13.7. The van der Waals surface area contributed by atoms with Crippen molar-refractivity contribution in [3.63, 3.8) is 0 Å². The molecule has 1 aliphatic heterocycles. The van der Waals surface area contributed by atoms with Crippen molar-refractivity contribution in [2.75, 3.05) is 5.32 Å². The first-order chi connectivity index (χ1) is 10.1. The smallest absolute Gasteiger partial charge is 0.263 e. The van der Waals surface area contributed by atoms with Crippen molar-refractivity contribution >= 4 is 28.9 Å². The second-order valence-electron chi connectivity index (χ2n) is 4.58. The minimum atomic E-state index is -1.11. The van der Waals surface area contributed by atoms with Gasteiger partial charge in [0.1, 0.15) is 5.82 Å². The number of amides is 1. The van der Waals surface area contributed by atoms with E-state index in [-0.39, 0.29) is 5.56 Å². The Bertz CT molecular complexity index is 760. The number of aliphatic imine (C=N–C) groups is 1. The van der Waals surface area contributed by atoms with E-state index in [9.17, 15) is 9.18 Å². The summed E-state index contributed by atoms with van der Waals surface area (Å²) < 4.78 is 14.1. The number of nitrogens with two attached hydrogens (primary N) is 1. The van der Waals surface area contributed by atoms with E-state index in [1.54, 1.807) is 36.4 Å². The van der Waals surface area contributed by atoms with Gasteiger partial charge in [-0.2, -0.15) is 0 Å². The number of carbonyl (C=O) groups is 1. The van der Waals surface area contributed by atoms with Crippen LogP contribution in [-0.4, -0.2) is 17.8 Å². The van der Waals surface area contributed by atoms with Gasteiger partial charge in [0.15, 0.2) is 6.17 Å². The molecule has 0 unspecified atom stereocenters. The zero-order chi connectivity index (χ0) is 15.0. The van der Waals surface area contributed by atoms with Crippen LogP contribution in [0, 0.1) is 5.82 Å². The molecule has 3 N–H and O–H groups in total. The number of fused-ring (bicyclic) bond motifs is 1. The van der Waals surface area contributed by atoms with E-state index >= 15 is 0 Å². The van der Waals surface area contributed by atoms with E-state index in [4.69, 9.17) is 17.3 Å². The second-order valence-corrected chi connectivity index (χ2v) is 5.02. The van der Waals surface area contributed by atoms with Gasteiger partial charge in [0.25, 0.3) is 5.91 Å². The Morgan fingerprint density at radius 2 is 1.95 bits per heavy atom. The summed E-state index contributed by atoms with van der Waals surface area (Å²) in [4.78, 5) is 16.0. The summed E-state index contributed by atoms with van der Waals surface area (Å²) in [5.74, 6) is -0.899. The fourth-order valence-electron chi connectivity index (χ4n) is 2.17. The molecule has 0 bridgehead atoms. The molecule has 0 fully saturated rings. The van der Waals surface area contributed by atoms with Gasteiger partial charge in [0.2, 0.25) is 0 Å². The normalized spacial score (nSPS) is 17.6. The van der Waals surface area contributed by atoms with Crippen molar-refractivity contribution < 1.29 is 9.18 Å². The number of nitrogens with zero attached hydrogens (tertiary/aromatic N) is 1. The molecule has 1 atom stereocenters. The quantitative estimate of drug-likeness (QED) is 0.850. The van der Waals surface area contributed by atoms with Crippen LogP contribution in [0.3, 0.4) is 0 Å². The summed E-state index contributed by atoms with van der Waals surface area (Å²) in [6.45, 7) is 0. The number of anilines is 1. The Balaban J connectivity index is 2.25. The summed E-state index contributed by atoms with van der Waals surface area (Å²) in [7, 11) is 0. The van der Waals surface area contributed by atoms with Gasteiger partial charge in [-0.05, 0) is 30.3 Å². The molecule has 0 aliphatic carbocycles. The third-order valence-electron chi connectivity index (χ3n) is 3.16. The summed E-state index contributed by atoms with van der Waals surface area (Å²) >= 11 is 5.94. The number of halogens is 2. The average Bonchev–Trinajstić information content (AvgIpc) is 2.57. The average molecular weight is 304 g/mol. The number of nitrogens with one attached hydrogen (secondary N) is 1. The molecule has 1 aliphatic rings. The molecule has 21 heavy (non-hydrogen) atoms. The molecule has 2 aromatic rings. The molecule has 2 aromatic carbocycles. The van der Waals surface area contributed by atoms with E-state index in [2.05, 4.69) is 10.3 Å². The molecule has 0 spiro atoms. The molecule has 0 aromatic heterocycles. The van der Waals surface area contributed by atoms with E-state index < -0.39 is 17.9 Å². The fraction of sp³-hybridized carbons (Fsp3) is 0.0667. The predicted octanol–water partition coefficient (Wildman–Crippen LogP) is 2.55. The highest BCUT2D eigenvalue weighted by molar-refractivity contribution is 6.31. The minimum Gasteiger partial charge on any atom is -0.322 e. The molecule has 0 saturated heterocycles. The molecular formula is C15H11ClFN3O. The third-order valence-corrected chi connectivity index (χ3v) is 3.40. The van der Waals surface area contributed by atoms with E-state index in [1.807, 2.05) is 0 Å². The lowest BCUT2D eigenvalue weighted by molar-refractivity contribution is -0.117. The third kappa shape index (κ3) is 2.53. The Morgan fingerprint density at radius 3 is 2.71 bits per heavy atom. The summed E-state index contributed by atoms with van der Waals surface area (Å²) in [6, 6.07) is 11.1. The van der Waals surface area contributed by atoms with Gasteiger partial charge in [-0.25, -0.2) is 4.39 Å². The minimum absolute atomic E-state index is 0.285. The molecule has 1 amide bonds. The lowest BCUT2D eigenvalue weighted by Crippen LogP contribution is -2.33. The van der Waals surface area contributed by atoms with Crippen LogP contribution >= 0.6 is 11.6 Å². The molecule has 0 radical (unpaired) electrons. The van der Waals surface area contributed by atoms with Gasteiger partial charge < -0.3 is 11.1 Å². The molecule has 106 valence electrons. The molecule has 4 nitrogen and oxygen atoms in total. The van der Waals surface area contributed by atoms with Crippen molar-refractivity contribution in [2.45, 2.75) is 6.17 Å². The number of benzene rings is 2. The second kappa shape index (κ2) is 5.27. The first-order valence-corrected chi connectivity index (χ1v) is 6.63. The van der Waals surface area contributed by atoms with Crippen molar-refractivity contribution in [1.29, 1.82) is 0 Å². The van der Waals surface area contributed by atoms with Crippen molar-refractivity contribution in [3.05, 3.63) is 64.4 Å². The Labute approximate surface area is 125 Å². The first-order valence-electron chi connectivity index (χ1n) is 6.25. The lowest BCUT2D eigenvalue weighted by Gasteiger charge is -2.10. The van der Waals surface area contributed by atoms with Gasteiger partial charge in [-0.1, -0.05) is 23.7 Å². The maximum Gasteiger partial charge on any atom is 0.263 e. The standard InChI is InChI=1S/C15H11ClFN3O/c16-8-5-6-10-12(7-8)19-15(21)14(18)20-13(10)9-3-1-2-4-11(9)17/h1-7,14H,18H2,(H,19,21)/t14-/m0/s1. The van der Waals surface area contributed by atoms with Crippen LogP contribution in [0.25, 0.3) is 0 Å². The molecule has 6 heteroatoms. The Kier molecular flexibility index (Phi) is 3.45. The van der Waals surface area contributed by atoms with Crippen LogP contribution in [0.15, 0.2) is 47.5 Å². The Morgan fingerprint density at radius 1 is 1.19 bits per heavy atom. The lowest BCUT2D eigenvalue weighted by atomic mass is 10.00. The van der Waals surface area contributed by atoms with Gasteiger partial charge in [-0.3, -0.25) is 9.79 Å². The van der Waals surface area contributed by atoms with Crippen molar-refractivity contribution in [1.82, 2.24) is 0 Å². The topological polar surface area (TPSA) is 67.5 Å². The number of benzodiazepines with no additional fused rings is 1. The van der Waals surface area contributed by atoms with Gasteiger partial charge in [-0.15, -0.1) is 0 Å². The van der Waals surface area contributed by atoms with Crippen LogP contribution < -0.4 is 11.1 Å². The predicted molar refractivity (Wildman–Crippen MR) is 80.1 cm³/mol. The number of hydrogen-bond donors (Lipinski definition) is 2. The molecule has 1 heterocycles. The van der Waals surface area contributed by atoms with Crippen LogP contribution in [0.4, 0.5) is 10.1 Å². The highest BCUT2D eigenvalue weighted by Crippen LogP contribution is 2.27. The highest BCUT2D eigenvalue weighted by atomic mass is 35.5. The van der Waals surface area contributed by atoms with E-state index in [0.717, 1.165) is 0 Å². The molecule has 0 saturated carbocycles. The summed E-state index contributed by atoms with van der Waals surface area (Å²) in [6.07, 6.45) is -1.11. The van der Waals surface area contributed by atoms with Gasteiger partial charge in [0, 0.05) is 16.1 Å². The zero-order valence-corrected chi connectivity index (χ0v) is 11.6. The van der Waals surface area contributed by atoms with Crippen molar-refractivity contribution in [3.8, 4) is 0 Å². The number of carbonyl (C=O) groups excluding carboxylic acids is 1. The zero-order valence-electron chi connectivity index (χ0n) is 10.8. The van der Waals surface area contributed by atoms with Gasteiger partial charge >= 0.3 is 0 Å². The Hall–Kier alpha value is -2.24. The summed E-state index contributed by atoms with van der Waals surface area (Å²) in [5.41, 5.74) is 7.36. The summed E-state index contributed by atoms with van der Waals surface area (Å²) in [5, 5.41) is 3.10. The maximum atomic E-state index is 14.1. The van der Waals surface area contributed by atoms with Gasteiger partial charge in [0.05, 0.1) is 11.4 Å². The van der Waals surface area contributed by atoms with Crippen LogP contribution in [0.1, 0.15) is 11.1 Å². The largest absolute Gasteiger partial charge is 0.322 e. The maximum absolute atomic E-state index is 14.1. The number of rotatable bonds is 1. The highest BCUT2D eigenvalue weighted by Gasteiger charge is 2.24.